The number of nitrogens with zero attached hydrogens (tertiary/aromatic N) is 6. The number of nitrogen functional groups attached to an aromatic ring is 1. The summed E-state index contributed by atoms with van der Waals surface area (Å²) in [7, 11) is 0. The van der Waals surface area contributed by atoms with Crippen LogP contribution >= 0.6 is 11.3 Å². The minimum absolute atomic E-state index is 0.259. The van der Waals surface area contributed by atoms with Crippen molar-refractivity contribution >= 4 is 22.8 Å². The smallest absolute Gasteiger partial charge is 0.147 e. The fourth-order valence-electron chi connectivity index (χ4n) is 3.09. The molecule has 1 unspecified atom stereocenters. The lowest BCUT2D eigenvalue weighted by Gasteiger charge is -2.20. The third kappa shape index (κ3) is 3.32. The number of thiazole rings is 1. The average Bonchev–Trinajstić information content (AvgIpc) is 3.31. The van der Waals surface area contributed by atoms with Crippen LogP contribution in [0, 0.1) is 11.3 Å². The monoisotopic (exact) mass is 379 g/mol. The van der Waals surface area contributed by atoms with Gasteiger partial charge in [-0.3, -0.25) is 4.98 Å². The maximum atomic E-state index is 10.2. The minimum atomic E-state index is -0.747. The predicted molar refractivity (Wildman–Crippen MR) is 103 cm³/mol. The van der Waals surface area contributed by atoms with Crippen LogP contribution in [-0.2, 0) is 0 Å². The third-order valence-corrected chi connectivity index (χ3v) is 5.25. The van der Waals surface area contributed by atoms with E-state index < -0.39 is 5.60 Å². The summed E-state index contributed by atoms with van der Waals surface area (Å²) >= 11 is 1.44. The van der Waals surface area contributed by atoms with Crippen LogP contribution in [0.2, 0.25) is 0 Å². The SMILES string of the molecule is CC1(O)CCN(c2cncc(-c3nc(-c4nccs4)cc(N)c3C#N)n2)C1. The van der Waals surface area contributed by atoms with E-state index in [9.17, 15) is 10.4 Å². The molecule has 0 spiro atoms. The standard InChI is InChI=1S/C18H17N7OS/c1-18(26)2-4-25(10-18)15-9-21-8-14(23-15)16-11(7-19)12(20)6-13(24-16)17-22-3-5-27-17/h3,5-6,8-9,26H,2,4,10H2,1H3,(H2,20,24). The van der Waals surface area contributed by atoms with Gasteiger partial charge in [-0.25, -0.2) is 15.0 Å². The number of anilines is 2. The zero-order chi connectivity index (χ0) is 19.0. The van der Waals surface area contributed by atoms with E-state index in [0.29, 0.717) is 53.1 Å². The number of aromatic nitrogens is 4. The number of nitriles is 1. The second-order valence-corrected chi connectivity index (χ2v) is 7.59. The van der Waals surface area contributed by atoms with E-state index in [1.807, 2.05) is 10.3 Å². The van der Waals surface area contributed by atoms with Crippen LogP contribution in [0.4, 0.5) is 11.5 Å². The molecule has 3 N–H and O–H groups in total. The van der Waals surface area contributed by atoms with Gasteiger partial charge in [-0.15, -0.1) is 11.3 Å². The topological polar surface area (TPSA) is 125 Å². The molecule has 4 rings (SSSR count). The summed E-state index contributed by atoms with van der Waals surface area (Å²) in [6, 6.07) is 3.76. The van der Waals surface area contributed by atoms with E-state index in [4.69, 9.17) is 5.73 Å². The van der Waals surface area contributed by atoms with Gasteiger partial charge < -0.3 is 15.7 Å². The summed E-state index contributed by atoms with van der Waals surface area (Å²) < 4.78 is 0. The largest absolute Gasteiger partial charge is 0.398 e. The lowest BCUT2D eigenvalue weighted by molar-refractivity contribution is 0.0839. The number of aliphatic hydroxyl groups is 1. The molecule has 1 aliphatic rings. The van der Waals surface area contributed by atoms with E-state index in [1.54, 1.807) is 31.6 Å². The number of hydrogen-bond acceptors (Lipinski definition) is 9. The Hall–Kier alpha value is -3.09. The zero-order valence-electron chi connectivity index (χ0n) is 14.6. The quantitative estimate of drug-likeness (QED) is 0.708. The van der Waals surface area contributed by atoms with Crippen LogP contribution in [0.15, 0.2) is 30.0 Å². The lowest BCUT2D eigenvalue weighted by Crippen LogP contribution is -2.30. The Bertz CT molecular complexity index is 1030. The van der Waals surface area contributed by atoms with Gasteiger partial charge in [-0.05, 0) is 19.4 Å². The zero-order valence-corrected chi connectivity index (χ0v) is 15.4. The molecule has 1 atom stereocenters. The molecule has 3 aromatic rings. The highest BCUT2D eigenvalue weighted by molar-refractivity contribution is 7.13. The second-order valence-electron chi connectivity index (χ2n) is 6.70. The number of β-amino-alcohol motifs (C(OH)–C–C–N with tert-alkyl or cyclic N) is 1. The number of nitrogens with two attached hydrogens (primary N) is 1. The molecule has 1 aliphatic heterocycles. The highest BCUT2D eigenvalue weighted by Crippen LogP contribution is 2.31. The number of rotatable bonds is 3. The van der Waals surface area contributed by atoms with E-state index in [0.717, 1.165) is 0 Å². The van der Waals surface area contributed by atoms with Gasteiger partial charge >= 0.3 is 0 Å². The van der Waals surface area contributed by atoms with E-state index in [1.165, 1.54) is 11.3 Å². The minimum Gasteiger partial charge on any atom is -0.398 e. The van der Waals surface area contributed by atoms with Gasteiger partial charge in [-0.2, -0.15) is 5.26 Å². The van der Waals surface area contributed by atoms with Crippen LogP contribution in [0.25, 0.3) is 22.1 Å². The summed E-state index contributed by atoms with van der Waals surface area (Å²) in [4.78, 5) is 19.7. The maximum Gasteiger partial charge on any atom is 0.147 e. The molecule has 0 amide bonds. The van der Waals surface area contributed by atoms with E-state index in [-0.39, 0.29) is 5.56 Å². The van der Waals surface area contributed by atoms with Crippen LogP contribution in [0.5, 0.6) is 0 Å². The van der Waals surface area contributed by atoms with E-state index in [2.05, 4.69) is 26.0 Å². The normalized spacial score (nSPS) is 19.2. The molecular formula is C18H17N7OS. The Balaban J connectivity index is 1.79. The van der Waals surface area contributed by atoms with Gasteiger partial charge in [0, 0.05) is 24.7 Å². The molecule has 0 aromatic carbocycles. The first-order valence-corrected chi connectivity index (χ1v) is 9.25. The summed E-state index contributed by atoms with van der Waals surface area (Å²) in [6.07, 6.45) is 5.56. The van der Waals surface area contributed by atoms with Gasteiger partial charge in [-0.1, -0.05) is 0 Å². The van der Waals surface area contributed by atoms with Gasteiger partial charge in [0.15, 0.2) is 0 Å². The Morgan fingerprint density at radius 1 is 1.33 bits per heavy atom. The summed E-state index contributed by atoms with van der Waals surface area (Å²) in [5.41, 5.74) is 7.36. The lowest BCUT2D eigenvalue weighted by atomic mass is 10.1. The summed E-state index contributed by atoms with van der Waals surface area (Å²) in [5.74, 6) is 0.634. The van der Waals surface area contributed by atoms with Crippen LogP contribution < -0.4 is 10.6 Å². The first-order valence-electron chi connectivity index (χ1n) is 8.37. The average molecular weight is 379 g/mol. The highest BCUT2D eigenvalue weighted by atomic mass is 32.1. The van der Waals surface area contributed by atoms with Crippen molar-refractivity contribution in [3.63, 3.8) is 0 Å². The fourth-order valence-corrected chi connectivity index (χ4v) is 3.69. The Morgan fingerprint density at radius 3 is 2.85 bits per heavy atom. The van der Waals surface area contributed by atoms with Crippen molar-refractivity contribution < 1.29 is 5.11 Å². The Kier molecular flexibility index (Phi) is 4.22. The van der Waals surface area contributed by atoms with Gasteiger partial charge in [0.1, 0.15) is 39.5 Å². The molecule has 9 heteroatoms. The predicted octanol–water partition coefficient (Wildman–Crippen LogP) is 2.08. The number of hydrogen-bond donors (Lipinski definition) is 2. The molecule has 4 heterocycles. The van der Waals surface area contributed by atoms with Crippen molar-refractivity contribution in [1.29, 1.82) is 5.26 Å². The summed E-state index contributed by atoms with van der Waals surface area (Å²) in [6.45, 7) is 2.97. The van der Waals surface area contributed by atoms with Crippen molar-refractivity contribution in [3.05, 3.63) is 35.6 Å². The molecule has 0 bridgehead atoms. The van der Waals surface area contributed by atoms with Crippen molar-refractivity contribution in [1.82, 2.24) is 19.9 Å². The molecular weight excluding hydrogens is 362 g/mol. The van der Waals surface area contributed by atoms with Crippen molar-refractivity contribution in [2.75, 3.05) is 23.7 Å². The van der Waals surface area contributed by atoms with Crippen LogP contribution in [0.3, 0.4) is 0 Å². The molecule has 8 nitrogen and oxygen atoms in total. The van der Waals surface area contributed by atoms with Gasteiger partial charge in [0.25, 0.3) is 0 Å². The molecule has 3 aromatic heterocycles. The van der Waals surface area contributed by atoms with Gasteiger partial charge in [0.05, 0.1) is 23.7 Å². The van der Waals surface area contributed by atoms with Crippen molar-refractivity contribution in [2.45, 2.75) is 18.9 Å². The Morgan fingerprint density at radius 2 is 2.19 bits per heavy atom. The third-order valence-electron chi connectivity index (χ3n) is 4.45. The molecule has 1 saturated heterocycles. The first kappa shape index (κ1) is 17.3. The van der Waals surface area contributed by atoms with E-state index >= 15 is 0 Å². The molecule has 136 valence electrons. The molecule has 27 heavy (non-hydrogen) atoms. The van der Waals surface area contributed by atoms with Gasteiger partial charge in [0.2, 0.25) is 0 Å². The maximum absolute atomic E-state index is 10.2. The Labute approximate surface area is 160 Å². The fraction of sp³-hybridized carbons (Fsp3) is 0.278. The van der Waals surface area contributed by atoms with Crippen molar-refractivity contribution in [3.8, 4) is 28.2 Å². The number of pyridine rings is 1. The summed E-state index contributed by atoms with van der Waals surface area (Å²) in [5, 5.41) is 22.3. The molecule has 0 radical (unpaired) electrons. The molecule has 1 fully saturated rings. The first-order chi connectivity index (χ1) is 13.0. The van der Waals surface area contributed by atoms with Crippen LogP contribution in [0.1, 0.15) is 18.9 Å². The second kappa shape index (κ2) is 6.57. The highest BCUT2D eigenvalue weighted by Gasteiger charge is 2.32. The molecule has 0 saturated carbocycles. The van der Waals surface area contributed by atoms with Crippen LogP contribution in [-0.4, -0.2) is 43.7 Å². The molecule has 0 aliphatic carbocycles. The van der Waals surface area contributed by atoms with Crippen molar-refractivity contribution in [2.24, 2.45) is 0 Å².